The van der Waals surface area contributed by atoms with E-state index >= 15 is 0 Å². The minimum absolute atomic E-state index is 0.0584. The van der Waals surface area contributed by atoms with Gasteiger partial charge in [-0.25, -0.2) is 0 Å². The molecule has 6 heteroatoms. The first kappa shape index (κ1) is 16.3. The van der Waals surface area contributed by atoms with Crippen LogP contribution in [0.5, 0.6) is 0 Å². The van der Waals surface area contributed by atoms with Crippen LogP contribution in [0.2, 0.25) is 0 Å². The van der Waals surface area contributed by atoms with Crippen LogP contribution in [-0.4, -0.2) is 61.9 Å². The lowest BCUT2D eigenvalue weighted by molar-refractivity contribution is -0.136. The van der Waals surface area contributed by atoms with Gasteiger partial charge in [-0.3, -0.25) is 9.69 Å². The number of nitriles is 1. The van der Waals surface area contributed by atoms with E-state index in [4.69, 9.17) is 9.84 Å². The molecule has 2 rings (SSSR count). The molecular formula is C16H21N3O3. The summed E-state index contributed by atoms with van der Waals surface area (Å²) in [5.74, 6) is -0.828. The number of aliphatic carboxylic acids is 1. The van der Waals surface area contributed by atoms with E-state index < -0.39 is 5.97 Å². The first-order valence-electron chi connectivity index (χ1n) is 7.46. The lowest BCUT2D eigenvalue weighted by Crippen LogP contribution is -2.42. The fourth-order valence-electron chi connectivity index (χ4n) is 2.51. The molecule has 1 aliphatic rings. The van der Waals surface area contributed by atoms with Crippen LogP contribution in [-0.2, 0) is 9.53 Å². The Morgan fingerprint density at radius 3 is 2.73 bits per heavy atom. The summed E-state index contributed by atoms with van der Waals surface area (Å²) in [5.41, 5.74) is 1.38. The molecule has 6 nitrogen and oxygen atoms in total. The third-order valence-corrected chi connectivity index (χ3v) is 3.75. The van der Waals surface area contributed by atoms with Gasteiger partial charge in [-0.1, -0.05) is 12.1 Å². The minimum Gasteiger partial charge on any atom is -0.481 e. The Labute approximate surface area is 130 Å². The molecule has 0 atom stereocenters. The molecule has 0 radical (unpaired) electrons. The van der Waals surface area contributed by atoms with Gasteiger partial charge in [0.1, 0.15) is 6.07 Å². The van der Waals surface area contributed by atoms with Gasteiger partial charge in [0.05, 0.1) is 30.9 Å². The zero-order valence-electron chi connectivity index (χ0n) is 12.6. The van der Waals surface area contributed by atoms with E-state index in [0.717, 1.165) is 38.5 Å². The summed E-state index contributed by atoms with van der Waals surface area (Å²) in [6.07, 6.45) is 0.0584. The molecule has 0 amide bonds. The number of carbonyl (C=O) groups is 1. The highest BCUT2D eigenvalue weighted by Crippen LogP contribution is 2.20. The van der Waals surface area contributed by atoms with E-state index in [1.807, 2.05) is 23.1 Å². The molecule has 1 fully saturated rings. The number of anilines is 1. The average molecular weight is 303 g/mol. The van der Waals surface area contributed by atoms with Gasteiger partial charge in [-0.05, 0) is 12.1 Å². The Bertz CT molecular complexity index is 536. The number of benzene rings is 1. The second kappa shape index (κ2) is 8.37. The number of rotatable bonds is 7. The van der Waals surface area contributed by atoms with Crippen molar-refractivity contribution in [1.82, 2.24) is 4.90 Å². The smallest absolute Gasteiger partial charge is 0.305 e. The molecule has 1 aromatic carbocycles. The van der Waals surface area contributed by atoms with Gasteiger partial charge < -0.3 is 14.7 Å². The van der Waals surface area contributed by atoms with Crippen molar-refractivity contribution in [3.63, 3.8) is 0 Å². The Morgan fingerprint density at radius 2 is 2.05 bits per heavy atom. The molecule has 1 aliphatic heterocycles. The Hall–Kier alpha value is -2.10. The Kier molecular flexibility index (Phi) is 6.19. The zero-order valence-corrected chi connectivity index (χ0v) is 12.6. The quantitative estimate of drug-likeness (QED) is 0.815. The third kappa shape index (κ3) is 4.72. The van der Waals surface area contributed by atoms with Gasteiger partial charge in [-0.2, -0.15) is 5.26 Å². The summed E-state index contributed by atoms with van der Waals surface area (Å²) in [4.78, 5) is 15.2. The third-order valence-electron chi connectivity index (χ3n) is 3.75. The van der Waals surface area contributed by atoms with Crippen LogP contribution in [0.15, 0.2) is 24.3 Å². The number of ether oxygens (including phenoxy) is 1. The number of carboxylic acids is 1. The maximum absolute atomic E-state index is 10.9. The topological polar surface area (TPSA) is 76.8 Å². The highest BCUT2D eigenvalue weighted by Gasteiger charge is 2.15. The van der Waals surface area contributed by atoms with Gasteiger partial charge in [-0.15, -0.1) is 0 Å². The molecule has 118 valence electrons. The lowest BCUT2D eigenvalue weighted by Gasteiger charge is -2.31. The van der Waals surface area contributed by atoms with Crippen molar-refractivity contribution in [2.45, 2.75) is 6.42 Å². The van der Waals surface area contributed by atoms with Gasteiger partial charge in [0, 0.05) is 32.7 Å². The van der Waals surface area contributed by atoms with Crippen molar-refractivity contribution in [2.75, 3.05) is 50.8 Å². The molecule has 1 saturated heterocycles. The number of hydrogen-bond donors (Lipinski definition) is 1. The van der Waals surface area contributed by atoms with Crippen LogP contribution in [0.25, 0.3) is 0 Å². The molecule has 0 aliphatic carbocycles. The lowest BCUT2D eigenvalue weighted by atomic mass is 10.1. The highest BCUT2D eigenvalue weighted by atomic mass is 16.5. The van der Waals surface area contributed by atoms with Crippen LogP contribution in [0.3, 0.4) is 0 Å². The van der Waals surface area contributed by atoms with Crippen molar-refractivity contribution in [3.05, 3.63) is 29.8 Å². The molecule has 0 spiro atoms. The van der Waals surface area contributed by atoms with Crippen LogP contribution >= 0.6 is 0 Å². The van der Waals surface area contributed by atoms with E-state index in [2.05, 4.69) is 11.0 Å². The van der Waals surface area contributed by atoms with Crippen LogP contribution < -0.4 is 4.90 Å². The largest absolute Gasteiger partial charge is 0.481 e. The fraction of sp³-hybridized carbons (Fsp3) is 0.500. The normalized spacial score (nSPS) is 15.2. The molecule has 22 heavy (non-hydrogen) atoms. The van der Waals surface area contributed by atoms with Gasteiger partial charge in [0.15, 0.2) is 0 Å². The number of nitrogens with zero attached hydrogens (tertiary/aromatic N) is 3. The fourth-order valence-corrected chi connectivity index (χ4v) is 2.51. The van der Waals surface area contributed by atoms with Crippen LogP contribution in [0.1, 0.15) is 12.0 Å². The predicted octanol–water partition coefficient (Wildman–Crippen LogP) is 1.17. The summed E-state index contributed by atoms with van der Waals surface area (Å²) in [6, 6.07) is 9.51. The standard InChI is InChI=1S/C16H21N3O3/c17-13-14-3-1-2-4-15(14)19(6-5-16(20)21)8-7-18-9-11-22-12-10-18/h1-4H,5-12H2,(H,20,21). The van der Waals surface area contributed by atoms with Crippen molar-refractivity contribution >= 4 is 11.7 Å². The van der Waals surface area contributed by atoms with E-state index in [0.29, 0.717) is 18.7 Å². The first-order valence-corrected chi connectivity index (χ1v) is 7.46. The van der Waals surface area contributed by atoms with Crippen molar-refractivity contribution < 1.29 is 14.6 Å². The number of hydrogen-bond acceptors (Lipinski definition) is 5. The molecule has 0 saturated carbocycles. The Morgan fingerprint density at radius 1 is 1.32 bits per heavy atom. The van der Waals surface area contributed by atoms with Gasteiger partial charge in [0.25, 0.3) is 0 Å². The summed E-state index contributed by atoms with van der Waals surface area (Å²) >= 11 is 0. The number of para-hydroxylation sites is 1. The molecule has 0 aromatic heterocycles. The van der Waals surface area contributed by atoms with E-state index in [9.17, 15) is 10.1 Å². The molecule has 1 heterocycles. The SMILES string of the molecule is N#Cc1ccccc1N(CCC(=O)O)CCN1CCOCC1. The van der Waals surface area contributed by atoms with Crippen molar-refractivity contribution in [1.29, 1.82) is 5.26 Å². The maximum Gasteiger partial charge on any atom is 0.305 e. The van der Waals surface area contributed by atoms with E-state index in [-0.39, 0.29) is 6.42 Å². The van der Waals surface area contributed by atoms with Gasteiger partial charge >= 0.3 is 5.97 Å². The van der Waals surface area contributed by atoms with Crippen LogP contribution in [0.4, 0.5) is 5.69 Å². The monoisotopic (exact) mass is 303 g/mol. The zero-order chi connectivity index (χ0) is 15.8. The molecule has 1 N–H and O–H groups in total. The second-order valence-electron chi connectivity index (χ2n) is 5.21. The summed E-state index contributed by atoms with van der Waals surface area (Å²) in [6.45, 7) is 5.21. The minimum atomic E-state index is -0.828. The van der Waals surface area contributed by atoms with Crippen molar-refractivity contribution in [3.8, 4) is 6.07 Å². The molecular weight excluding hydrogens is 282 g/mol. The van der Waals surface area contributed by atoms with Crippen LogP contribution in [0, 0.1) is 11.3 Å². The van der Waals surface area contributed by atoms with Gasteiger partial charge in [0.2, 0.25) is 0 Å². The average Bonchev–Trinajstić information content (AvgIpc) is 2.55. The maximum atomic E-state index is 10.9. The molecule has 1 aromatic rings. The highest BCUT2D eigenvalue weighted by molar-refractivity contribution is 5.68. The Balaban J connectivity index is 2.04. The summed E-state index contributed by atoms with van der Waals surface area (Å²) in [5, 5.41) is 18.2. The van der Waals surface area contributed by atoms with E-state index in [1.165, 1.54) is 0 Å². The molecule has 0 bridgehead atoms. The number of morpholine rings is 1. The first-order chi connectivity index (χ1) is 10.7. The predicted molar refractivity (Wildman–Crippen MR) is 82.9 cm³/mol. The number of carboxylic acid groups (broad SMARTS) is 1. The summed E-state index contributed by atoms with van der Waals surface area (Å²) < 4.78 is 5.33. The molecule has 0 unspecified atom stereocenters. The second-order valence-corrected chi connectivity index (χ2v) is 5.21. The van der Waals surface area contributed by atoms with Crippen molar-refractivity contribution in [2.24, 2.45) is 0 Å². The van der Waals surface area contributed by atoms with E-state index in [1.54, 1.807) is 6.07 Å². The summed E-state index contributed by atoms with van der Waals surface area (Å²) in [7, 11) is 0.